The maximum atomic E-state index is 12.0. The highest BCUT2D eigenvalue weighted by Gasteiger charge is 2.25. The summed E-state index contributed by atoms with van der Waals surface area (Å²) >= 11 is 0. The van der Waals surface area contributed by atoms with Crippen molar-refractivity contribution >= 4 is 5.96 Å². The van der Waals surface area contributed by atoms with Crippen molar-refractivity contribution in [3.63, 3.8) is 0 Å². The standard InChI is InChI=1S/C16H31F3N4/c1-14-6-12-23(13-7-14)11-5-10-22-15(20-2)21-9-4-3-8-16(17,18)19/h14H,3-13H2,1-2H3,(H2,20,21,22). The predicted octanol–water partition coefficient (Wildman–Crippen LogP) is 3.01. The Hall–Kier alpha value is -0.980. The highest BCUT2D eigenvalue weighted by Crippen LogP contribution is 2.21. The lowest BCUT2D eigenvalue weighted by Crippen LogP contribution is -2.40. The minimum atomic E-state index is -4.05. The third kappa shape index (κ3) is 10.4. The first-order chi connectivity index (χ1) is 10.9. The summed E-state index contributed by atoms with van der Waals surface area (Å²) in [5.41, 5.74) is 0. The molecule has 0 atom stereocenters. The van der Waals surface area contributed by atoms with Crippen molar-refractivity contribution in [2.75, 3.05) is 39.8 Å². The summed E-state index contributed by atoms with van der Waals surface area (Å²) in [6.07, 6.45) is -0.499. The average molecular weight is 336 g/mol. The normalized spacial score (nSPS) is 18.2. The van der Waals surface area contributed by atoms with Crippen LogP contribution >= 0.6 is 0 Å². The van der Waals surface area contributed by atoms with Crippen molar-refractivity contribution in [3.05, 3.63) is 0 Å². The van der Waals surface area contributed by atoms with Crippen LogP contribution in [0.25, 0.3) is 0 Å². The van der Waals surface area contributed by atoms with E-state index in [1.54, 1.807) is 7.05 Å². The van der Waals surface area contributed by atoms with Gasteiger partial charge in [-0.05, 0) is 57.7 Å². The fourth-order valence-corrected chi connectivity index (χ4v) is 2.67. The molecule has 0 unspecified atom stereocenters. The number of halogens is 3. The Bertz CT molecular complexity index is 337. The van der Waals surface area contributed by atoms with Crippen molar-refractivity contribution in [3.8, 4) is 0 Å². The summed E-state index contributed by atoms with van der Waals surface area (Å²) in [4.78, 5) is 6.58. The van der Waals surface area contributed by atoms with Crippen LogP contribution in [0.4, 0.5) is 13.2 Å². The zero-order valence-corrected chi connectivity index (χ0v) is 14.4. The van der Waals surface area contributed by atoms with Crippen LogP contribution in [0.1, 0.15) is 45.4 Å². The predicted molar refractivity (Wildman–Crippen MR) is 88.7 cm³/mol. The van der Waals surface area contributed by atoms with E-state index in [1.165, 1.54) is 25.9 Å². The van der Waals surface area contributed by atoms with Gasteiger partial charge in [0.2, 0.25) is 0 Å². The van der Waals surface area contributed by atoms with Gasteiger partial charge in [-0.15, -0.1) is 0 Å². The number of aliphatic imine (C=N–C) groups is 1. The topological polar surface area (TPSA) is 39.7 Å². The molecule has 0 aromatic carbocycles. The largest absolute Gasteiger partial charge is 0.389 e. The molecule has 0 aromatic rings. The number of nitrogens with one attached hydrogen (secondary N) is 2. The quantitative estimate of drug-likeness (QED) is 0.407. The zero-order valence-electron chi connectivity index (χ0n) is 14.4. The number of rotatable bonds is 8. The molecule has 0 spiro atoms. The van der Waals surface area contributed by atoms with Gasteiger partial charge in [0.15, 0.2) is 5.96 Å². The molecule has 1 rings (SSSR count). The molecule has 1 fully saturated rings. The van der Waals surface area contributed by atoms with E-state index in [1.807, 2.05) is 0 Å². The summed E-state index contributed by atoms with van der Waals surface area (Å²) in [6.45, 7) is 7.11. The van der Waals surface area contributed by atoms with E-state index in [0.29, 0.717) is 18.9 Å². The van der Waals surface area contributed by atoms with Crippen LogP contribution in [0.3, 0.4) is 0 Å². The van der Waals surface area contributed by atoms with Gasteiger partial charge in [-0.25, -0.2) is 0 Å². The SMILES string of the molecule is CN=C(NCCCCC(F)(F)F)NCCCN1CCC(C)CC1. The molecule has 0 saturated carbocycles. The van der Waals surface area contributed by atoms with Crippen LogP contribution in [-0.2, 0) is 0 Å². The number of guanidine groups is 1. The number of hydrogen-bond donors (Lipinski definition) is 2. The second-order valence-electron chi connectivity index (χ2n) is 6.38. The molecule has 0 radical (unpaired) electrons. The molecule has 23 heavy (non-hydrogen) atoms. The minimum absolute atomic E-state index is 0.154. The Kier molecular flexibility index (Phi) is 9.36. The lowest BCUT2D eigenvalue weighted by molar-refractivity contribution is -0.135. The summed E-state index contributed by atoms with van der Waals surface area (Å²) in [7, 11) is 1.68. The zero-order chi connectivity index (χ0) is 17.1. The summed E-state index contributed by atoms with van der Waals surface area (Å²) in [5, 5.41) is 6.27. The first-order valence-corrected chi connectivity index (χ1v) is 8.64. The summed E-state index contributed by atoms with van der Waals surface area (Å²) in [6, 6.07) is 0. The highest BCUT2D eigenvalue weighted by molar-refractivity contribution is 5.79. The second kappa shape index (κ2) is 10.7. The fourth-order valence-electron chi connectivity index (χ4n) is 2.67. The maximum Gasteiger partial charge on any atom is 0.389 e. The Morgan fingerprint density at radius 2 is 1.70 bits per heavy atom. The van der Waals surface area contributed by atoms with Crippen LogP contribution < -0.4 is 10.6 Å². The average Bonchev–Trinajstić information content (AvgIpc) is 2.49. The summed E-state index contributed by atoms with van der Waals surface area (Å²) in [5.74, 6) is 1.52. The third-order valence-electron chi connectivity index (χ3n) is 4.22. The van der Waals surface area contributed by atoms with E-state index in [2.05, 4.69) is 27.4 Å². The molecule has 4 nitrogen and oxygen atoms in total. The molecule has 1 heterocycles. The van der Waals surface area contributed by atoms with Gasteiger partial charge in [0.1, 0.15) is 0 Å². The van der Waals surface area contributed by atoms with Gasteiger partial charge < -0.3 is 15.5 Å². The number of hydrogen-bond acceptors (Lipinski definition) is 2. The highest BCUT2D eigenvalue weighted by atomic mass is 19.4. The Labute approximate surface area is 137 Å². The van der Waals surface area contributed by atoms with E-state index in [9.17, 15) is 13.2 Å². The van der Waals surface area contributed by atoms with Crippen LogP contribution in [0, 0.1) is 5.92 Å². The Balaban J connectivity index is 2.01. The Morgan fingerprint density at radius 3 is 2.26 bits per heavy atom. The molecule has 1 aliphatic rings. The second-order valence-corrected chi connectivity index (χ2v) is 6.38. The monoisotopic (exact) mass is 336 g/mol. The van der Waals surface area contributed by atoms with Crippen LogP contribution in [-0.4, -0.2) is 56.8 Å². The number of likely N-dealkylation sites (tertiary alicyclic amines) is 1. The smallest absolute Gasteiger partial charge is 0.356 e. The molecule has 0 aliphatic carbocycles. The molecule has 1 saturated heterocycles. The van der Waals surface area contributed by atoms with Crippen LogP contribution in [0.2, 0.25) is 0 Å². The first-order valence-electron chi connectivity index (χ1n) is 8.64. The molecule has 136 valence electrons. The van der Waals surface area contributed by atoms with Crippen molar-refractivity contribution in [1.82, 2.24) is 15.5 Å². The number of piperidine rings is 1. The van der Waals surface area contributed by atoms with Gasteiger partial charge in [-0.1, -0.05) is 6.92 Å². The van der Waals surface area contributed by atoms with Gasteiger partial charge in [0, 0.05) is 26.6 Å². The summed E-state index contributed by atoms with van der Waals surface area (Å²) < 4.78 is 36.1. The van der Waals surface area contributed by atoms with Gasteiger partial charge in [-0.3, -0.25) is 4.99 Å². The minimum Gasteiger partial charge on any atom is -0.356 e. The molecule has 7 heteroatoms. The number of nitrogens with zero attached hydrogens (tertiary/aromatic N) is 2. The van der Waals surface area contributed by atoms with Crippen LogP contribution in [0.15, 0.2) is 4.99 Å². The van der Waals surface area contributed by atoms with E-state index in [-0.39, 0.29) is 6.42 Å². The lowest BCUT2D eigenvalue weighted by Gasteiger charge is -2.30. The molecular formula is C16H31F3N4. The van der Waals surface area contributed by atoms with E-state index in [0.717, 1.165) is 25.4 Å². The van der Waals surface area contributed by atoms with Crippen molar-refractivity contribution < 1.29 is 13.2 Å². The molecule has 0 amide bonds. The van der Waals surface area contributed by atoms with Gasteiger partial charge in [0.25, 0.3) is 0 Å². The third-order valence-corrected chi connectivity index (χ3v) is 4.22. The van der Waals surface area contributed by atoms with Crippen molar-refractivity contribution in [2.45, 2.75) is 51.6 Å². The van der Waals surface area contributed by atoms with Crippen LogP contribution in [0.5, 0.6) is 0 Å². The molecule has 1 aliphatic heterocycles. The molecule has 0 bridgehead atoms. The number of alkyl halides is 3. The van der Waals surface area contributed by atoms with Crippen molar-refractivity contribution in [2.24, 2.45) is 10.9 Å². The van der Waals surface area contributed by atoms with E-state index in [4.69, 9.17) is 0 Å². The van der Waals surface area contributed by atoms with E-state index >= 15 is 0 Å². The lowest BCUT2D eigenvalue weighted by atomic mass is 9.99. The molecular weight excluding hydrogens is 305 g/mol. The van der Waals surface area contributed by atoms with E-state index < -0.39 is 12.6 Å². The van der Waals surface area contributed by atoms with Gasteiger partial charge >= 0.3 is 6.18 Å². The Morgan fingerprint density at radius 1 is 1.09 bits per heavy atom. The fraction of sp³-hybridized carbons (Fsp3) is 0.938. The van der Waals surface area contributed by atoms with Gasteiger partial charge in [0.05, 0.1) is 0 Å². The first kappa shape index (κ1) is 20.1. The maximum absolute atomic E-state index is 12.0. The molecule has 2 N–H and O–H groups in total. The number of unbranched alkanes of at least 4 members (excludes halogenated alkanes) is 1. The van der Waals surface area contributed by atoms with Gasteiger partial charge in [-0.2, -0.15) is 13.2 Å². The van der Waals surface area contributed by atoms with Crippen molar-refractivity contribution in [1.29, 1.82) is 0 Å². The molecule has 0 aromatic heterocycles.